The van der Waals surface area contributed by atoms with Gasteiger partial charge in [0.15, 0.2) is 0 Å². The van der Waals surface area contributed by atoms with Crippen LogP contribution in [0.5, 0.6) is 0 Å². The largest absolute Gasteiger partial charge is 0.0683 e. The Bertz CT molecular complexity index is 2250. The first kappa shape index (κ1) is 96.2. The lowest BCUT2D eigenvalue weighted by Crippen LogP contribution is -1.83. The molecule has 0 unspecified atom stereocenters. The molecule has 9 aromatic carbocycles. The summed E-state index contributed by atoms with van der Waals surface area (Å²) in [6.45, 7) is 60.0. The summed E-state index contributed by atoms with van der Waals surface area (Å²) in [4.78, 5) is 0. The zero-order chi connectivity index (χ0) is 66.6. The van der Waals surface area contributed by atoms with Crippen molar-refractivity contribution in [2.45, 2.75) is 208 Å². The fourth-order valence-corrected chi connectivity index (χ4v) is 6.48. The second kappa shape index (κ2) is 84.8. The molecule has 9 aromatic rings. The van der Waals surface area contributed by atoms with Crippen LogP contribution in [0.15, 0.2) is 255 Å². The average Bonchev–Trinajstić information content (AvgIpc) is 3.82. The summed E-state index contributed by atoms with van der Waals surface area (Å²) in [5, 5.41) is 0. The van der Waals surface area contributed by atoms with Gasteiger partial charge in [-0.1, -0.05) is 456 Å². The van der Waals surface area contributed by atoms with Crippen LogP contribution in [0.3, 0.4) is 0 Å². The van der Waals surface area contributed by atoms with E-state index < -0.39 is 0 Å². The van der Waals surface area contributed by atoms with Crippen molar-refractivity contribution in [1.82, 2.24) is 0 Å². The smallest absolute Gasteiger partial charge is 0.0105 e. The highest BCUT2D eigenvalue weighted by Gasteiger charge is 2.06. The second-order valence-corrected chi connectivity index (χ2v) is 12.9. The maximum Gasteiger partial charge on any atom is -0.0105 e. The third kappa shape index (κ3) is 44.5. The molecule has 9 rings (SSSR count). The Kier molecular flexibility index (Phi) is 97.1. The number of rotatable bonds is 6. The monoisotopic (exact) mass is 1140 g/mol. The summed E-state index contributed by atoms with van der Waals surface area (Å²) in [6.07, 6.45) is 0. The highest BCUT2D eigenvalue weighted by Crippen LogP contribution is 2.32. The van der Waals surface area contributed by atoms with Gasteiger partial charge in [0.25, 0.3) is 0 Å². The predicted octanol–water partition coefficient (Wildman–Crippen LogP) is 30.5. The van der Waals surface area contributed by atoms with Crippen molar-refractivity contribution in [3.8, 4) is 66.8 Å². The molecule has 0 saturated carbocycles. The molecule has 0 aliphatic carbocycles. The van der Waals surface area contributed by atoms with Gasteiger partial charge in [0.1, 0.15) is 0 Å². The fourth-order valence-electron chi connectivity index (χ4n) is 6.48. The molecule has 0 nitrogen and oxygen atoms in total. The quantitative estimate of drug-likeness (QED) is 0.156. The molecule has 0 heterocycles. The molecule has 0 aliphatic heterocycles. The summed E-state index contributed by atoms with van der Waals surface area (Å²) < 4.78 is 0. The van der Waals surface area contributed by atoms with Crippen molar-refractivity contribution in [3.05, 3.63) is 255 Å². The molecule has 0 heteroatoms. The van der Waals surface area contributed by atoms with Gasteiger partial charge in [-0.15, -0.1) is 0 Å². The van der Waals surface area contributed by atoms with Crippen molar-refractivity contribution in [3.63, 3.8) is 0 Å². The zero-order valence-electron chi connectivity index (χ0n) is 60.2. The van der Waals surface area contributed by atoms with Gasteiger partial charge in [-0.2, -0.15) is 0 Å². The molecule has 0 saturated heterocycles. The molecule has 0 bridgehead atoms. The number of hydrogen-bond donors (Lipinski definition) is 0. The van der Waals surface area contributed by atoms with Crippen LogP contribution in [0.2, 0.25) is 0 Å². The van der Waals surface area contributed by atoms with E-state index in [0.29, 0.717) is 0 Å². The van der Waals surface area contributed by atoms with E-state index >= 15 is 0 Å². The first-order valence-corrected chi connectivity index (χ1v) is 33.4. The molecule has 0 radical (unpaired) electrons. The standard InChI is InChI=1S/3C18H14.15C2H6/c1-3-9-15(10-4-1)17-13-7-8-14-18(17)16-11-5-2-6-12-16;1-3-8-15(9-4-1)17-12-7-13-18(14-17)16-10-5-2-6-11-16;1-3-7-15(8-4-1)17-11-13-18(14-12-17)16-9-5-2-6-10-16;15*1-2/h3*1-14H;15*1-2H3. The Hall–Kier alpha value is -7.02. The molecule has 0 aromatic heterocycles. The van der Waals surface area contributed by atoms with Gasteiger partial charge in [-0.3, -0.25) is 0 Å². The topological polar surface area (TPSA) is 0 Å². The number of benzene rings is 9. The van der Waals surface area contributed by atoms with Crippen molar-refractivity contribution in [2.75, 3.05) is 0 Å². The number of hydrogen-bond acceptors (Lipinski definition) is 0. The minimum atomic E-state index is 1.26. The molecule has 84 heavy (non-hydrogen) atoms. The Labute approximate surface area is 526 Å². The SMILES string of the molecule is CC.CC.CC.CC.CC.CC.CC.CC.CC.CC.CC.CC.CC.CC.CC.c1ccc(-c2ccc(-c3ccccc3)cc2)cc1.c1ccc(-c2cccc(-c3ccccc3)c2)cc1.c1ccc(-c2ccccc2-c2ccccc2)cc1. The maximum absolute atomic E-state index is 2.24. The Balaban J connectivity index is -0.000000117. The lowest BCUT2D eigenvalue weighted by molar-refractivity contribution is 1.50. The summed E-state index contributed by atoms with van der Waals surface area (Å²) in [6, 6.07) is 88.8. The van der Waals surface area contributed by atoms with Gasteiger partial charge in [-0.25, -0.2) is 0 Å². The van der Waals surface area contributed by atoms with E-state index in [1.165, 1.54) is 66.8 Å². The lowest BCUT2D eigenvalue weighted by atomic mass is 9.95. The summed E-state index contributed by atoms with van der Waals surface area (Å²) >= 11 is 0. The first-order valence-electron chi connectivity index (χ1n) is 33.4. The van der Waals surface area contributed by atoms with Gasteiger partial charge < -0.3 is 0 Å². The third-order valence-corrected chi connectivity index (χ3v) is 9.27. The van der Waals surface area contributed by atoms with Crippen LogP contribution in [0.4, 0.5) is 0 Å². The second-order valence-electron chi connectivity index (χ2n) is 12.9. The predicted molar refractivity (Wildman–Crippen MR) is 402 cm³/mol. The van der Waals surface area contributed by atoms with Gasteiger partial charge in [-0.05, 0) is 72.8 Å². The minimum Gasteiger partial charge on any atom is -0.0683 e. The molecule has 0 spiro atoms. The van der Waals surface area contributed by atoms with E-state index in [0.717, 1.165) is 0 Å². The highest BCUT2D eigenvalue weighted by atomic mass is 14.1. The normalized spacial score (nSPS) is 7.64. The Morgan fingerprint density at radius 3 is 0.429 bits per heavy atom. The van der Waals surface area contributed by atoms with Crippen molar-refractivity contribution < 1.29 is 0 Å². The van der Waals surface area contributed by atoms with Crippen LogP contribution in [0.1, 0.15) is 208 Å². The first-order chi connectivity index (χ1) is 41.8. The van der Waals surface area contributed by atoms with E-state index in [1.54, 1.807) is 0 Å². The van der Waals surface area contributed by atoms with E-state index in [-0.39, 0.29) is 0 Å². The van der Waals surface area contributed by atoms with Crippen molar-refractivity contribution in [1.29, 1.82) is 0 Å². The third-order valence-electron chi connectivity index (χ3n) is 9.27. The van der Waals surface area contributed by atoms with Crippen LogP contribution in [-0.4, -0.2) is 0 Å². The van der Waals surface area contributed by atoms with Gasteiger partial charge >= 0.3 is 0 Å². The molecular weight excluding hydrogens is 1010 g/mol. The van der Waals surface area contributed by atoms with Gasteiger partial charge in [0, 0.05) is 0 Å². The van der Waals surface area contributed by atoms with Crippen LogP contribution in [0.25, 0.3) is 66.8 Å². The Morgan fingerprint density at radius 1 is 0.107 bits per heavy atom. The van der Waals surface area contributed by atoms with Crippen molar-refractivity contribution >= 4 is 0 Å². The average molecular weight is 1140 g/mol. The molecule has 0 fully saturated rings. The van der Waals surface area contributed by atoms with Crippen LogP contribution >= 0.6 is 0 Å². The summed E-state index contributed by atoms with van der Waals surface area (Å²) in [5.41, 5.74) is 15.2. The molecule has 0 amide bonds. The summed E-state index contributed by atoms with van der Waals surface area (Å²) in [5.74, 6) is 0. The maximum atomic E-state index is 2.24. The van der Waals surface area contributed by atoms with Gasteiger partial charge in [0.2, 0.25) is 0 Å². The van der Waals surface area contributed by atoms with Crippen LogP contribution < -0.4 is 0 Å². The zero-order valence-corrected chi connectivity index (χ0v) is 60.2. The van der Waals surface area contributed by atoms with E-state index in [9.17, 15) is 0 Å². The minimum absolute atomic E-state index is 1.26. The fraction of sp³-hybridized carbons (Fsp3) is 0.357. The van der Waals surface area contributed by atoms with Crippen molar-refractivity contribution in [2.24, 2.45) is 0 Å². The van der Waals surface area contributed by atoms with E-state index in [4.69, 9.17) is 0 Å². The molecular formula is C84H132. The Morgan fingerprint density at radius 2 is 0.238 bits per heavy atom. The van der Waals surface area contributed by atoms with Gasteiger partial charge in [0.05, 0.1) is 0 Å². The van der Waals surface area contributed by atoms with Crippen LogP contribution in [-0.2, 0) is 0 Å². The van der Waals surface area contributed by atoms with E-state index in [2.05, 4.69) is 231 Å². The highest BCUT2D eigenvalue weighted by molar-refractivity contribution is 5.83. The molecule has 0 aliphatic rings. The summed E-state index contributed by atoms with van der Waals surface area (Å²) in [7, 11) is 0. The molecule has 0 N–H and O–H groups in total. The van der Waals surface area contributed by atoms with E-state index in [1.807, 2.05) is 232 Å². The lowest BCUT2D eigenvalue weighted by Gasteiger charge is -2.09. The molecule has 0 atom stereocenters. The van der Waals surface area contributed by atoms with Crippen LogP contribution in [0, 0.1) is 0 Å². The molecule has 468 valence electrons.